The zero-order chi connectivity index (χ0) is 12.3. The topological polar surface area (TPSA) is 30.2 Å². The highest BCUT2D eigenvalue weighted by atomic mass is 19.1. The van der Waals surface area contributed by atoms with Crippen molar-refractivity contribution >= 4 is 5.78 Å². The van der Waals surface area contributed by atoms with Gasteiger partial charge in [-0.05, 0) is 29.3 Å². The van der Waals surface area contributed by atoms with Crippen LogP contribution in [0.25, 0.3) is 0 Å². The van der Waals surface area contributed by atoms with Crippen molar-refractivity contribution in [3.63, 3.8) is 0 Å². The van der Waals surface area contributed by atoms with Gasteiger partial charge in [0.15, 0.2) is 0 Å². The third-order valence-electron chi connectivity index (χ3n) is 2.31. The van der Waals surface area contributed by atoms with E-state index in [9.17, 15) is 13.6 Å². The molecule has 2 rings (SSSR count). The van der Waals surface area contributed by atoms with Crippen LogP contribution in [0.4, 0.5) is 8.78 Å². The van der Waals surface area contributed by atoms with Crippen LogP contribution >= 0.6 is 0 Å². The molecule has 0 aliphatic carbocycles. The van der Waals surface area contributed by atoms with Crippen LogP contribution in [0.5, 0.6) is 0 Å². The highest BCUT2D eigenvalue weighted by molar-refractivity contribution is 5.82. The lowest BCUT2D eigenvalue weighted by Gasteiger charge is -2.01. The van der Waals surface area contributed by atoms with Gasteiger partial charge in [0.2, 0.25) is 0 Å². The second-order valence-corrected chi connectivity index (χ2v) is 3.80. The smallest absolute Gasteiger partial charge is 0.141 e. The zero-order valence-electron chi connectivity index (χ0n) is 8.95. The third-order valence-corrected chi connectivity index (χ3v) is 2.31. The monoisotopic (exact) mass is 236 g/mol. The number of halogens is 2. The number of carbonyl (C=O) groups is 1. The summed E-state index contributed by atoms with van der Waals surface area (Å²) in [7, 11) is 0. The SMILES string of the molecule is O=C(Cc1ccoc1)Cc1cc(F)cc(F)c1. The van der Waals surface area contributed by atoms with E-state index < -0.39 is 11.6 Å². The predicted octanol–water partition coefficient (Wildman–Crippen LogP) is 2.91. The molecular formula is C13H10F2O2. The Morgan fingerprint density at radius 2 is 1.71 bits per heavy atom. The Hall–Kier alpha value is -1.97. The molecule has 1 heterocycles. The van der Waals surface area contributed by atoms with Gasteiger partial charge in [0.25, 0.3) is 0 Å². The van der Waals surface area contributed by atoms with Gasteiger partial charge in [0.05, 0.1) is 12.5 Å². The highest BCUT2D eigenvalue weighted by Crippen LogP contribution is 2.10. The van der Waals surface area contributed by atoms with E-state index in [2.05, 4.69) is 0 Å². The molecular weight excluding hydrogens is 226 g/mol. The molecule has 1 aromatic heterocycles. The van der Waals surface area contributed by atoms with Crippen molar-refractivity contribution in [2.24, 2.45) is 0 Å². The van der Waals surface area contributed by atoms with E-state index in [1.807, 2.05) is 0 Å². The lowest BCUT2D eigenvalue weighted by atomic mass is 10.0. The number of hydrogen-bond donors (Lipinski definition) is 0. The lowest BCUT2D eigenvalue weighted by molar-refractivity contribution is -0.117. The summed E-state index contributed by atoms with van der Waals surface area (Å²) in [5.41, 5.74) is 1.10. The molecule has 0 saturated carbocycles. The third kappa shape index (κ3) is 3.24. The summed E-state index contributed by atoms with van der Waals surface area (Å²) in [5, 5.41) is 0. The quantitative estimate of drug-likeness (QED) is 0.817. The molecule has 88 valence electrons. The van der Waals surface area contributed by atoms with Gasteiger partial charge in [-0.3, -0.25) is 4.79 Å². The molecule has 0 radical (unpaired) electrons. The van der Waals surface area contributed by atoms with Gasteiger partial charge in [0.1, 0.15) is 17.4 Å². The standard InChI is InChI=1S/C13H10F2O2/c14-11-3-10(4-12(15)7-11)6-13(16)5-9-1-2-17-8-9/h1-4,7-8H,5-6H2. The number of hydrogen-bond acceptors (Lipinski definition) is 2. The molecule has 0 spiro atoms. The Labute approximate surface area is 96.9 Å². The normalized spacial score (nSPS) is 10.5. The maximum atomic E-state index is 12.9. The van der Waals surface area contributed by atoms with Crippen LogP contribution in [0.1, 0.15) is 11.1 Å². The van der Waals surface area contributed by atoms with Crippen molar-refractivity contribution in [2.45, 2.75) is 12.8 Å². The molecule has 0 amide bonds. The van der Waals surface area contributed by atoms with E-state index in [0.717, 1.165) is 23.8 Å². The molecule has 0 unspecified atom stereocenters. The van der Waals surface area contributed by atoms with Crippen LogP contribution in [0.3, 0.4) is 0 Å². The molecule has 1 aromatic carbocycles. The summed E-state index contributed by atoms with van der Waals surface area (Å²) in [6.45, 7) is 0. The van der Waals surface area contributed by atoms with Crippen molar-refractivity contribution in [1.29, 1.82) is 0 Å². The summed E-state index contributed by atoms with van der Waals surface area (Å²) in [5.74, 6) is -1.45. The fourth-order valence-corrected chi connectivity index (χ4v) is 1.62. The van der Waals surface area contributed by atoms with Crippen molar-refractivity contribution < 1.29 is 18.0 Å². The Bertz CT molecular complexity index is 498. The molecule has 0 aliphatic rings. The maximum Gasteiger partial charge on any atom is 0.141 e. The van der Waals surface area contributed by atoms with Gasteiger partial charge >= 0.3 is 0 Å². The average Bonchev–Trinajstić information content (AvgIpc) is 2.67. The summed E-state index contributed by atoms with van der Waals surface area (Å²) < 4.78 is 30.6. The number of Topliss-reactive ketones (excluding diaryl/α,β-unsaturated/α-hetero) is 1. The Morgan fingerprint density at radius 3 is 2.29 bits per heavy atom. The van der Waals surface area contributed by atoms with Crippen LogP contribution in [0, 0.1) is 11.6 Å². The van der Waals surface area contributed by atoms with Gasteiger partial charge in [-0.25, -0.2) is 8.78 Å². The number of benzene rings is 1. The molecule has 0 N–H and O–H groups in total. The molecule has 0 saturated heterocycles. The van der Waals surface area contributed by atoms with Crippen molar-refractivity contribution in [2.75, 3.05) is 0 Å². The summed E-state index contributed by atoms with van der Waals surface area (Å²) in [6.07, 6.45) is 3.17. The van der Waals surface area contributed by atoms with Crippen LogP contribution in [0.2, 0.25) is 0 Å². The molecule has 4 heteroatoms. The average molecular weight is 236 g/mol. The second kappa shape index (κ2) is 4.91. The molecule has 2 nitrogen and oxygen atoms in total. The molecule has 0 aliphatic heterocycles. The fraction of sp³-hybridized carbons (Fsp3) is 0.154. The first-order valence-electron chi connectivity index (χ1n) is 5.11. The van der Waals surface area contributed by atoms with Crippen LogP contribution in [-0.4, -0.2) is 5.78 Å². The fourth-order valence-electron chi connectivity index (χ4n) is 1.62. The van der Waals surface area contributed by atoms with Gasteiger partial charge in [0, 0.05) is 18.9 Å². The predicted molar refractivity (Wildman–Crippen MR) is 57.5 cm³/mol. The molecule has 0 atom stereocenters. The van der Waals surface area contributed by atoms with E-state index >= 15 is 0 Å². The minimum Gasteiger partial charge on any atom is -0.472 e. The first kappa shape index (κ1) is 11.5. The first-order valence-corrected chi connectivity index (χ1v) is 5.11. The minimum absolute atomic E-state index is 0.0137. The van der Waals surface area contributed by atoms with E-state index in [0.29, 0.717) is 5.56 Å². The Kier molecular flexibility index (Phi) is 3.32. The van der Waals surface area contributed by atoms with Crippen LogP contribution in [-0.2, 0) is 17.6 Å². The van der Waals surface area contributed by atoms with E-state index in [4.69, 9.17) is 4.42 Å². The molecule has 2 aromatic rings. The molecule has 17 heavy (non-hydrogen) atoms. The van der Waals surface area contributed by atoms with Crippen molar-refractivity contribution in [3.05, 3.63) is 59.6 Å². The van der Waals surface area contributed by atoms with Crippen LogP contribution < -0.4 is 0 Å². The minimum atomic E-state index is -0.670. The zero-order valence-corrected chi connectivity index (χ0v) is 8.95. The number of furan rings is 1. The highest BCUT2D eigenvalue weighted by Gasteiger charge is 2.08. The van der Waals surface area contributed by atoms with Gasteiger partial charge in [-0.1, -0.05) is 0 Å². The van der Waals surface area contributed by atoms with Crippen LogP contribution in [0.15, 0.2) is 41.2 Å². The molecule has 0 bridgehead atoms. The van der Waals surface area contributed by atoms with Gasteiger partial charge in [-0.15, -0.1) is 0 Å². The van der Waals surface area contributed by atoms with E-state index in [1.54, 1.807) is 6.07 Å². The lowest BCUT2D eigenvalue weighted by Crippen LogP contribution is -2.06. The number of rotatable bonds is 4. The van der Waals surface area contributed by atoms with E-state index in [-0.39, 0.29) is 18.6 Å². The maximum absolute atomic E-state index is 12.9. The van der Waals surface area contributed by atoms with Gasteiger partial charge in [-0.2, -0.15) is 0 Å². The second-order valence-electron chi connectivity index (χ2n) is 3.80. The summed E-state index contributed by atoms with van der Waals surface area (Å²) >= 11 is 0. The van der Waals surface area contributed by atoms with E-state index in [1.165, 1.54) is 12.5 Å². The largest absolute Gasteiger partial charge is 0.472 e. The van der Waals surface area contributed by atoms with Crippen molar-refractivity contribution in [1.82, 2.24) is 0 Å². The summed E-state index contributed by atoms with van der Waals surface area (Å²) in [6, 6.07) is 4.79. The Balaban J connectivity index is 2.03. The molecule has 0 fully saturated rings. The first-order chi connectivity index (χ1) is 8.13. The number of carbonyl (C=O) groups excluding carboxylic acids is 1. The van der Waals surface area contributed by atoms with Gasteiger partial charge < -0.3 is 4.42 Å². The summed E-state index contributed by atoms with van der Waals surface area (Å²) in [4.78, 5) is 11.6. The number of ketones is 1. The van der Waals surface area contributed by atoms with Crippen molar-refractivity contribution in [3.8, 4) is 0 Å². The Morgan fingerprint density at radius 1 is 1.06 bits per heavy atom.